The molecule has 0 aliphatic rings. The molecular weight excluding hydrogens is 236 g/mol. The van der Waals surface area contributed by atoms with E-state index in [4.69, 9.17) is 4.74 Å². The van der Waals surface area contributed by atoms with E-state index in [-0.39, 0.29) is 5.78 Å². The number of hydrogen-bond donors (Lipinski definition) is 0. The summed E-state index contributed by atoms with van der Waals surface area (Å²) >= 11 is 0. The van der Waals surface area contributed by atoms with Crippen molar-refractivity contribution in [1.82, 2.24) is 0 Å². The molecule has 0 saturated heterocycles. The Morgan fingerprint density at radius 3 is 2.47 bits per heavy atom. The topological polar surface area (TPSA) is 26.3 Å². The molecule has 0 bridgehead atoms. The molecule has 2 rings (SSSR count). The molecule has 0 unspecified atom stereocenters. The second kappa shape index (κ2) is 6.74. The predicted octanol–water partition coefficient (Wildman–Crippen LogP) is 4.85. The van der Waals surface area contributed by atoms with Gasteiger partial charge in [0.2, 0.25) is 0 Å². The van der Waals surface area contributed by atoms with Gasteiger partial charge in [-0.1, -0.05) is 43.7 Å². The zero-order valence-electron chi connectivity index (χ0n) is 11.1. The first-order chi connectivity index (χ1) is 9.29. The zero-order chi connectivity index (χ0) is 13.5. The number of ether oxygens (including phenoxy) is 1. The van der Waals surface area contributed by atoms with Gasteiger partial charge in [0.05, 0.1) is 0 Å². The van der Waals surface area contributed by atoms with Crippen molar-refractivity contribution >= 4 is 5.78 Å². The molecule has 0 aliphatic heterocycles. The molecule has 0 N–H and O–H groups in total. The van der Waals surface area contributed by atoms with Gasteiger partial charge in [0.15, 0.2) is 5.78 Å². The van der Waals surface area contributed by atoms with E-state index in [1.165, 1.54) is 0 Å². The Morgan fingerprint density at radius 1 is 1.00 bits per heavy atom. The van der Waals surface area contributed by atoms with E-state index in [1.54, 1.807) is 0 Å². The summed E-state index contributed by atoms with van der Waals surface area (Å²) in [6.45, 7) is 2.09. The highest BCUT2D eigenvalue weighted by Gasteiger charge is 2.06. The quantitative estimate of drug-likeness (QED) is 0.689. The maximum atomic E-state index is 12.0. The standard InChI is InChI=1S/C17H18O2/c1-2-3-12-17(18)14-8-7-11-16(13-14)19-15-9-5-4-6-10-15/h4-11,13H,2-3,12H2,1H3. The summed E-state index contributed by atoms with van der Waals surface area (Å²) in [6, 6.07) is 17.0. The average Bonchev–Trinajstić information content (AvgIpc) is 2.46. The highest BCUT2D eigenvalue weighted by atomic mass is 16.5. The van der Waals surface area contributed by atoms with Crippen LogP contribution in [0.15, 0.2) is 54.6 Å². The maximum Gasteiger partial charge on any atom is 0.163 e. The minimum Gasteiger partial charge on any atom is -0.457 e. The molecule has 2 aromatic carbocycles. The lowest BCUT2D eigenvalue weighted by Gasteiger charge is -2.07. The lowest BCUT2D eigenvalue weighted by molar-refractivity contribution is 0.0979. The Hall–Kier alpha value is -2.09. The molecule has 19 heavy (non-hydrogen) atoms. The summed E-state index contributed by atoms with van der Waals surface area (Å²) in [5, 5.41) is 0. The summed E-state index contributed by atoms with van der Waals surface area (Å²) in [4.78, 5) is 12.0. The van der Waals surface area contributed by atoms with Crippen LogP contribution in [0.1, 0.15) is 36.5 Å². The SMILES string of the molecule is CCCCC(=O)c1cccc(Oc2ccccc2)c1. The summed E-state index contributed by atoms with van der Waals surface area (Å²) in [5.74, 6) is 1.66. The van der Waals surface area contributed by atoms with Crippen molar-refractivity contribution < 1.29 is 9.53 Å². The van der Waals surface area contributed by atoms with E-state index in [0.29, 0.717) is 12.2 Å². The van der Waals surface area contributed by atoms with Gasteiger partial charge in [-0.2, -0.15) is 0 Å². The summed E-state index contributed by atoms with van der Waals surface area (Å²) in [7, 11) is 0. The Morgan fingerprint density at radius 2 is 1.74 bits per heavy atom. The number of benzene rings is 2. The third-order valence-electron chi connectivity index (χ3n) is 2.89. The summed E-state index contributed by atoms with van der Waals surface area (Å²) in [5.41, 5.74) is 0.724. The van der Waals surface area contributed by atoms with E-state index in [2.05, 4.69) is 6.92 Å². The Kier molecular flexibility index (Phi) is 4.73. The van der Waals surface area contributed by atoms with Crippen LogP contribution < -0.4 is 4.74 Å². The molecule has 0 atom stereocenters. The lowest BCUT2D eigenvalue weighted by atomic mass is 10.1. The third-order valence-corrected chi connectivity index (χ3v) is 2.89. The number of Topliss-reactive ketones (excluding diaryl/α,β-unsaturated/α-hetero) is 1. The van der Waals surface area contributed by atoms with Gasteiger partial charge in [0.1, 0.15) is 11.5 Å². The largest absolute Gasteiger partial charge is 0.457 e. The minimum absolute atomic E-state index is 0.181. The molecule has 2 heteroatoms. The number of carbonyl (C=O) groups is 1. The van der Waals surface area contributed by atoms with Crippen molar-refractivity contribution in [1.29, 1.82) is 0 Å². The smallest absolute Gasteiger partial charge is 0.163 e. The molecule has 98 valence electrons. The molecule has 0 heterocycles. The van der Waals surface area contributed by atoms with Gasteiger partial charge in [-0.25, -0.2) is 0 Å². The van der Waals surface area contributed by atoms with Crippen molar-refractivity contribution in [3.05, 3.63) is 60.2 Å². The van der Waals surface area contributed by atoms with Crippen molar-refractivity contribution in [3.8, 4) is 11.5 Å². The van der Waals surface area contributed by atoms with Gasteiger partial charge in [-0.3, -0.25) is 4.79 Å². The second-order valence-corrected chi connectivity index (χ2v) is 4.47. The van der Waals surface area contributed by atoms with Crippen LogP contribution in [-0.4, -0.2) is 5.78 Å². The zero-order valence-corrected chi connectivity index (χ0v) is 11.1. The van der Waals surface area contributed by atoms with Gasteiger partial charge in [0.25, 0.3) is 0 Å². The monoisotopic (exact) mass is 254 g/mol. The number of carbonyl (C=O) groups excluding carboxylic acids is 1. The fourth-order valence-electron chi connectivity index (χ4n) is 1.84. The van der Waals surface area contributed by atoms with E-state index in [9.17, 15) is 4.79 Å². The molecule has 0 spiro atoms. The van der Waals surface area contributed by atoms with Crippen LogP contribution in [0.2, 0.25) is 0 Å². The molecule has 0 saturated carbocycles. The number of hydrogen-bond acceptors (Lipinski definition) is 2. The minimum atomic E-state index is 0.181. The second-order valence-electron chi connectivity index (χ2n) is 4.47. The van der Waals surface area contributed by atoms with Gasteiger partial charge in [-0.05, 0) is 30.7 Å². The van der Waals surface area contributed by atoms with Gasteiger partial charge in [-0.15, -0.1) is 0 Å². The predicted molar refractivity (Wildman–Crippen MR) is 76.8 cm³/mol. The number of ketones is 1. The van der Waals surface area contributed by atoms with Crippen molar-refractivity contribution in [2.24, 2.45) is 0 Å². The van der Waals surface area contributed by atoms with E-state index in [1.807, 2.05) is 54.6 Å². The number of para-hydroxylation sites is 1. The van der Waals surface area contributed by atoms with Gasteiger partial charge >= 0.3 is 0 Å². The first kappa shape index (κ1) is 13.3. The first-order valence-corrected chi connectivity index (χ1v) is 6.66. The van der Waals surface area contributed by atoms with Crippen molar-refractivity contribution in [2.45, 2.75) is 26.2 Å². The first-order valence-electron chi connectivity index (χ1n) is 6.66. The van der Waals surface area contributed by atoms with Crippen LogP contribution in [0.4, 0.5) is 0 Å². The molecule has 2 nitrogen and oxygen atoms in total. The van der Waals surface area contributed by atoms with Gasteiger partial charge in [0, 0.05) is 12.0 Å². The fourth-order valence-corrected chi connectivity index (χ4v) is 1.84. The maximum absolute atomic E-state index is 12.0. The van der Waals surface area contributed by atoms with Crippen LogP contribution in [0, 0.1) is 0 Å². The van der Waals surface area contributed by atoms with E-state index < -0.39 is 0 Å². The van der Waals surface area contributed by atoms with Crippen LogP contribution >= 0.6 is 0 Å². The molecule has 0 aromatic heterocycles. The van der Waals surface area contributed by atoms with Gasteiger partial charge < -0.3 is 4.74 Å². The molecule has 0 aliphatic carbocycles. The molecule has 0 fully saturated rings. The summed E-state index contributed by atoms with van der Waals surface area (Å²) < 4.78 is 5.72. The Labute approximate surface area is 114 Å². The van der Waals surface area contributed by atoms with Crippen molar-refractivity contribution in [3.63, 3.8) is 0 Å². The third kappa shape index (κ3) is 3.95. The Balaban J connectivity index is 2.09. The Bertz CT molecular complexity index is 532. The normalized spacial score (nSPS) is 10.2. The molecule has 2 aromatic rings. The van der Waals surface area contributed by atoms with Crippen LogP contribution in [0.3, 0.4) is 0 Å². The molecular formula is C17H18O2. The lowest BCUT2D eigenvalue weighted by Crippen LogP contribution is -1.98. The van der Waals surface area contributed by atoms with Crippen LogP contribution in [-0.2, 0) is 0 Å². The van der Waals surface area contributed by atoms with E-state index in [0.717, 1.165) is 24.2 Å². The molecule has 0 radical (unpaired) electrons. The van der Waals surface area contributed by atoms with Crippen LogP contribution in [0.25, 0.3) is 0 Å². The highest BCUT2D eigenvalue weighted by molar-refractivity contribution is 5.96. The molecule has 0 amide bonds. The highest BCUT2D eigenvalue weighted by Crippen LogP contribution is 2.22. The van der Waals surface area contributed by atoms with Crippen molar-refractivity contribution in [2.75, 3.05) is 0 Å². The van der Waals surface area contributed by atoms with E-state index >= 15 is 0 Å². The summed E-state index contributed by atoms with van der Waals surface area (Å²) in [6.07, 6.45) is 2.57. The fraction of sp³-hybridized carbons (Fsp3) is 0.235. The van der Waals surface area contributed by atoms with Crippen LogP contribution in [0.5, 0.6) is 11.5 Å². The number of unbranched alkanes of at least 4 members (excludes halogenated alkanes) is 1. The average molecular weight is 254 g/mol. The number of rotatable bonds is 6.